The number of nitrogens with one attached hydrogen (secondary N) is 2. The predicted molar refractivity (Wildman–Crippen MR) is 116 cm³/mol. The number of hydrogen-bond acceptors (Lipinski definition) is 4. The Kier molecular flexibility index (Phi) is 9.05. The Morgan fingerprint density at radius 2 is 1.77 bits per heavy atom. The van der Waals surface area contributed by atoms with Crippen molar-refractivity contribution in [2.45, 2.75) is 26.6 Å². The van der Waals surface area contributed by atoms with Crippen LogP contribution in [0.2, 0.25) is 0 Å². The molecule has 9 heteroatoms. The van der Waals surface area contributed by atoms with Crippen molar-refractivity contribution in [2.75, 3.05) is 27.7 Å². The van der Waals surface area contributed by atoms with Gasteiger partial charge in [0.15, 0.2) is 17.5 Å². The van der Waals surface area contributed by atoms with Gasteiger partial charge in [-0.1, -0.05) is 24.3 Å². The van der Waals surface area contributed by atoms with E-state index in [1.165, 1.54) is 4.90 Å². The maximum absolute atomic E-state index is 12.9. The summed E-state index contributed by atoms with van der Waals surface area (Å²) in [5.41, 5.74) is 2.08. The van der Waals surface area contributed by atoms with Gasteiger partial charge < -0.3 is 25.0 Å². The summed E-state index contributed by atoms with van der Waals surface area (Å²) >= 11 is 0. The number of aliphatic imine (C=N–C) groups is 1. The van der Waals surface area contributed by atoms with Crippen LogP contribution < -0.4 is 20.1 Å². The van der Waals surface area contributed by atoms with Crippen LogP contribution in [0.5, 0.6) is 11.5 Å². The standard InChI is InChI=1S/C22H28F2N4O3/c1-5-30-18-8-6-7-17(19(18)31-21(23)24)14-27-22(25-2)26-13-15-9-11-16(12-10-15)20(29)28(3)4/h6-12,21H,5,13-14H2,1-4H3,(H2,25,26,27). The van der Waals surface area contributed by atoms with Crippen molar-refractivity contribution in [1.82, 2.24) is 15.5 Å². The lowest BCUT2D eigenvalue weighted by atomic mass is 10.1. The van der Waals surface area contributed by atoms with E-state index in [0.717, 1.165) is 5.56 Å². The lowest BCUT2D eigenvalue weighted by molar-refractivity contribution is -0.0520. The molecule has 2 N–H and O–H groups in total. The number of amides is 1. The first kappa shape index (κ1) is 23.9. The highest BCUT2D eigenvalue weighted by Gasteiger charge is 2.16. The van der Waals surface area contributed by atoms with Crippen LogP contribution in [0, 0.1) is 0 Å². The molecular weight excluding hydrogens is 406 g/mol. The summed E-state index contributed by atoms with van der Waals surface area (Å²) in [5, 5.41) is 6.23. The molecule has 0 aliphatic heterocycles. The number of hydrogen-bond donors (Lipinski definition) is 2. The summed E-state index contributed by atoms with van der Waals surface area (Å²) < 4.78 is 35.8. The summed E-state index contributed by atoms with van der Waals surface area (Å²) in [7, 11) is 5.02. The maximum Gasteiger partial charge on any atom is 0.387 e. The van der Waals surface area contributed by atoms with Crippen molar-refractivity contribution in [3.63, 3.8) is 0 Å². The van der Waals surface area contributed by atoms with Crippen molar-refractivity contribution in [3.05, 3.63) is 59.2 Å². The van der Waals surface area contributed by atoms with Crippen molar-refractivity contribution < 1.29 is 23.0 Å². The van der Waals surface area contributed by atoms with Crippen molar-refractivity contribution >= 4 is 11.9 Å². The molecule has 0 aliphatic rings. The Balaban J connectivity index is 2.00. The van der Waals surface area contributed by atoms with Gasteiger partial charge in [0.2, 0.25) is 0 Å². The quantitative estimate of drug-likeness (QED) is 0.468. The largest absolute Gasteiger partial charge is 0.490 e. The molecule has 0 heterocycles. The lowest BCUT2D eigenvalue weighted by Crippen LogP contribution is -2.36. The molecule has 2 aromatic rings. The highest BCUT2D eigenvalue weighted by atomic mass is 19.3. The molecule has 0 radical (unpaired) electrons. The van der Waals surface area contributed by atoms with E-state index >= 15 is 0 Å². The van der Waals surface area contributed by atoms with Gasteiger partial charge in [0.1, 0.15) is 0 Å². The van der Waals surface area contributed by atoms with Gasteiger partial charge in [0.25, 0.3) is 5.91 Å². The molecule has 0 atom stereocenters. The van der Waals surface area contributed by atoms with Crippen LogP contribution in [-0.4, -0.2) is 51.1 Å². The monoisotopic (exact) mass is 434 g/mol. The summed E-state index contributed by atoms with van der Waals surface area (Å²) in [6.45, 7) is -0.182. The van der Waals surface area contributed by atoms with Gasteiger partial charge in [-0.05, 0) is 30.7 Å². The Hall–Kier alpha value is -3.36. The van der Waals surface area contributed by atoms with Crippen LogP contribution in [-0.2, 0) is 13.1 Å². The lowest BCUT2D eigenvalue weighted by Gasteiger charge is -2.17. The average molecular weight is 434 g/mol. The van der Waals surface area contributed by atoms with Crippen LogP contribution in [0.25, 0.3) is 0 Å². The minimum Gasteiger partial charge on any atom is -0.490 e. The van der Waals surface area contributed by atoms with E-state index in [1.54, 1.807) is 58.4 Å². The SMILES string of the molecule is CCOc1cccc(CNC(=NC)NCc2ccc(C(=O)N(C)C)cc2)c1OC(F)F. The fourth-order valence-corrected chi connectivity index (χ4v) is 2.80. The van der Waals surface area contributed by atoms with Crippen molar-refractivity contribution in [2.24, 2.45) is 4.99 Å². The molecule has 0 spiro atoms. The Bertz CT molecular complexity index is 887. The van der Waals surface area contributed by atoms with E-state index in [4.69, 9.17) is 4.74 Å². The van der Waals surface area contributed by atoms with E-state index in [1.807, 2.05) is 12.1 Å². The second-order valence-corrected chi connectivity index (χ2v) is 6.73. The molecule has 0 saturated heterocycles. The predicted octanol–water partition coefficient (Wildman–Crippen LogP) is 3.25. The zero-order chi connectivity index (χ0) is 22.8. The molecule has 168 valence electrons. The summed E-state index contributed by atoms with van der Waals surface area (Å²) in [4.78, 5) is 17.6. The molecule has 0 fully saturated rings. The van der Waals surface area contributed by atoms with Gasteiger partial charge in [-0.2, -0.15) is 8.78 Å². The number of carbonyl (C=O) groups is 1. The topological polar surface area (TPSA) is 75.2 Å². The number of para-hydroxylation sites is 1. The molecular formula is C22H28F2N4O3. The zero-order valence-corrected chi connectivity index (χ0v) is 18.1. The highest BCUT2D eigenvalue weighted by Crippen LogP contribution is 2.32. The zero-order valence-electron chi connectivity index (χ0n) is 18.1. The van der Waals surface area contributed by atoms with E-state index in [2.05, 4.69) is 20.4 Å². The molecule has 31 heavy (non-hydrogen) atoms. The van der Waals surface area contributed by atoms with Crippen LogP contribution in [0.15, 0.2) is 47.5 Å². The van der Waals surface area contributed by atoms with Crippen LogP contribution in [0.4, 0.5) is 8.78 Å². The fraction of sp³-hybridized carbons (Fsp3) is 0.364. The van der Waals surface area contributed by atoms with E-state index in [-0.39, 0.29) is 24.0 Å². The summed E-state index contributed by atoms with van der Waals surface area (Å²) in [6, 6.07) is 12.2. The Labute approximate surface area is 181 Å². The third-order valence-electron chi connectivity index (χ3n) is 4.30. The molecule has 1 amide bonds. The van der Waals surface area contributed by atoms with Gasteiger partial charge in [0, 0.05) is 45.4 Å². The number of guanidine groups is 1. The molecule has 2 rings (SSSR count). The van der Waals surface area contributed by atoms with Gasteiger partial charge in [-0.25, -0.2) is 0 Å². The Morgan fingerprint density at radius 3 is 2.35 bits per heavy atom. The first-order valence-electron chi connectivity index (χ1n) is 9.80. The van der Waals surface area contributed by atoms with Crippen LogP contribution in [0.1, 0.15) is 28.4 Å². The number of carbonyl (C=O) groups excluding carboxylic acids is 1. The molecule has 0 unspecified atom stereocenters. The van der Waals surface area contributed by atoms with Gasteiger partial charge in [0.05, 0.1) is 6.61 Å². The second kappa shape index (κ2) is 11.7. The first-order valence-corrected chi connectivity index (χ1v) is 9.80. The minimum atomic E-state index is -2.96. The van der Waals surface area contributed by atoms with Gasteiger partial charge in [-0.15, -0.1) is 0 Å². The summed E-state index contributed by atoms with van der Waals surface area (Å²) in [5.74, 6) is 0.687. The van der Waals surface area contributed by atoms with E-state index < -0.39 is 6.61 Å². The summed E-state index contributed by atoms with van der Waals surface area (Å²) in [6.07, 6.45) is 0. The van der Waals surface area contributed by atoms with Gasteiger partial charge in [-0.3, -0.25) is 9.79 Å². The average Bonchev–Trinajstić information content (AvgIpc) is 2.75. The number of alkyl halides is 2. The second-order valence-electron chi connectivity index (χ2n) is 6.73. The number of halogens is 2. The normalized spacial score (nSPS) is 11.3. The van der Waals surface area contributed by atoms with E-state index in [9.17, 15) is 13.6 Å². The molecule has 0 aromatic heterocycles. The first-order chi connectivity index (χ1) is 14.8. The third-order valence-corrected chi connectivity index (χ3v) is 4.30. The smallest absolute Gasteiger partial charge is 0.387 e. The molecule has 7 nitrogen and oxygen atoms in total. The van der Waals surface area contributed by atoms with Crippen LogP contribution in [0.3, 0.4) is 0 Å². The molecule has 0 bridgehead atoms. The van der Waals surface area contributed by atoms with Gasteiger partial charge >= 0.3 is 6.61 Å². The fourth-order valence-electron chi connectivity index (χ4n) is 2.80. The third kappa shape index (κ3) is 7.13. The minimum absolute atomic E-state index is 0.00320. The molecule has 2 aromatic carbocycles. The van der Waals surface area contributed by atoms with Crippen molar-refractivity contribution in [3.8, 4) is 11.5 Å². The number of benzene rings is 2. The van der Waals surface area contributed by atoms with Crippen molar-refractivity contribution in [1.29, 1.82) is 0 Å². The molecule has 0 saturated carbocycles. The number of ether oxygens (including phenoxy) is 2. The maximum atomic E-state index is 12.9. The molecule has 0 aliphatic carbocycles. The van der Waals surface area contributed by atoms with Crippen LogP contribution >= 0.6 is 0 Å². The van der Waals surface area contributed by atoms with E-state index in [0.29, 0.717) is 30.2 Å². The highest BCUT2D eigenvalue weighted by molar-refractivity contribution is 5.93. The number of rotatable bonds is 9. The number of nitrogens with zero attached hydrogens (tertiary/aromatic N) is 2. The Morgan fingerprint density at radius 1 is 1.10 bits per heavy atom.